The summed E-state index contributed by atoms with van der Waals surface area (Å²) in [6.45, 7) is 0.524. The van der Waals surface area contributed by atoms with E-state index in [0.29, 0.717) is 23.6 Å². The van der Waals surface area contributed by atoms with E-state index >= 15 is 0 Å². The summed E-state index contributed by atoms with van der Waals surface area (Å²) in [7, 11) is 1.55. The molecule has 0 unspecified atom stereocenters. The molecule has 0 saturated carbocycles. The molecule has 0 aromatic heterocycles. The van der Waals surface area contributed by atoms with Gasteiger partial charge in [-0.05, 0) is 67.5 Å². The number of aromatic carboxylic acids is 1. The number of aryl methyl sites for hydroxylation is 2. The van der Waals surface area contributed by atoms with Crippen LogP contribution in [0.1, 0.15) is 47.2 Å². The Kier molecular flexibility index (Phi) is 9.67. The number of amides is 1. The van der Waals surface area contributed by atoms with E-state index in [0.717, 1.165) is 25.7 Å². The van der Waals surface area contributed by atoms with E-state index in [9.17, 15) is 19.1 Å². The molecule has 0 bridgehead atoms. The maximum atomic E-state index is 14.5. The Labute approximate surface area is 210 Å². The van der Waals surface area contributed by atoms with Crippen LogP contribution in [0.4, 0.5) is 10.1 Å². The molecule has 0 aliphatic carbocycles. The number of benzene rings is 3. The molecule has 3 aromatic carbocycles. The van der Waals surface area contributed by atoms with E-state index in [-0.39, 0.29) is 29.3 Å². The van der Waals surface area contributed by atoms with E-state index in [2.05, 4.69) is 12.1 Å². The summed E-state index contributed by atoms with van der Waals surface area (Å²) in [6.07, 6.45) is 4.33. The second-order valence-corrected chi connectivity index (χ2v) is 8.73. The summed E-state index contributed by atoms with van der Waals surface area (Å²) < 4.78 is 20.2. The summed E-state index contributed by atoms with van der Waals surface area (Å²) in [5.41, 5.74) is 2.07. The zero-order chi connectivity index (χ0) is 25.2. The predicted molar refractivity (Wildman–Crippen MR) is 136 cm³/mol. The average Bonchev–Trinajstić information content (AvgIpc) is 2.85. The summed E-state index contributed by atoms with van der Waals surface area (Å²) in [4.78, 5) is 25.2. The third-order valence-electron chi connectivity index (χ3n) is 5.80. The average molecular weight is 498 g/mol. The van der Waals surface area contributed by atoms with E-state index < -0.39 is 11.8 Å². The van der Waals surface area contributed by atoms with Gasteiger partial charge >= 0.3 is 5.97 Å². The molecule has 1 N–H and O–H groups in total. The highest BCUT2D eigenvalue weighted by Gasteiger charge is 2.16. The molecule has 0 fully saturated rings. The van der Waals surface area contributed by atoms with Crippen molar-refractivity contribution in [2.24, 2.45) is 0 Å². The number of carbonyl (C=O) groups is 2. The van der Waals surface area contributed by atoms with Crippen molar-refractivity contribution in [1.82, 2.24) is 0 Å². The highest BCUT2D eigenvalue weighted by atomic mass is 35.5. The van der Waals surface area contributed by atoms with Gasteiger partial charge in [0, 0.05) is 25.2 Å². The van der Waals surface area contributed by atoms with E-state index in [1.54, 1.807) is 25.2 Å². The van der Waals surface area contributed by atoms with Gasteiger partial charge in [0.05, 0.1) is 17.2 Å². The number of carboxylic acids is 1. The number of carbonyl (C=O) groups excluding carboxylic acids is 1. The fourth-order valence-corrected chi connectivity index (χ4v) is 3.90. The van der Waals surface area contributed by atoms with Crippen molar-refractivity contribution in [1.29, 1.82) is 0 Å². The maximum absolute atomic E-state index is 14.5. The van der Waals surface area contributed by atoms with Gasteiger partial charge < -0.3 is 14.7 Å². The number of hydrogen-bond acceptors (Lipinski definition) is 3. The molecule has 0 atom stereocenters. The first-order valence-electron chi connectivity index (χ1n) is 11.6. The van der Waals surface area contributed by atoms with Crippen molar-refractivity contribution in [3.63, 3.8) is 0 Å². The summed E-state index contributed by atoms with van der Waals surface area (Å²) >= 11 is 5.89. The van der Waals surface area contributed by atoms with Crippen LogP contribution in [0.5, 0.6) is 5.75 Å². The highest BCUT2D eigenvalue weighted by molar-refractivity contribution is 6.33. The lowest BCUT2D eigenvalue weighted by Gasteiger charge is -2.18. The molecular formula is C28H29ClFNO4. The molecule has 0 heterocycles. The normalized spacial score (nSPS) is 10.7. The van der Waals surface area contributed by atoms with E-state index in [1.807, 2.05) is 18.2 Å². The molecule has 5 nitrogen and oxygen atoms in total. The lowest BCUT2D eigenvalue weighted by molar-refractivity contribution is -0.118. The Balaban J connectivity index is 1.43. The maximum Gasteiger partial charge on any atom is 0.337 e. The molecule has 0 radical (unpaired) electrons. The number of ether oxygens (including phenoxy) is 1. The van der Waals surface area contributed by atoms with Gasteiger partial charge in [0.25, 0.3) is 0 Å². The second-order valence-electron chi connectivity index (χ2n) is 8.32. The van der Waals surface area contributed by atoms with Crippen LogP contribution >= 0.6 is 11.6 Å². The molecule has 3 rings (SSSR count). The van der Waals surface area contributed by atoms with Crippen molar-refractivity contribution >= 4 is 29.2 Å². The number of anilines is 1. The molecule has 0 spiro atoms. The largest absolute Gasteiger partial charge is 0.493 e. The van der Waals surface area contributed by atoms with Gasteiger partial charge in [-0.3, -0.25) is 4.79 Å². The molecule has 0 aliphatic rings. The predicted octanol–water partition coefficient (Wildman–Crippen LogP) is 6.56. The lowest BCUT2D eigenvalue weighted by Crippen LogP contribution is -2.26. The van der Waals surface area contributed by atoms with Crippen LogP contribution in [0.15, 0.2) is 66.7 Å². The number of halogens is 2. The Bertz CT molecular complexity index is 1150. The topological polar surface area (TPSA) is 66.8 Å². The lowest BCUT2D eigenvalue weighted by atomic mass is 10.1. The SMILES string of the molecule is CN(C(=O)CCc1ccc(OCCCCCc2ccccc2)cc1F)c1ccc(Cl)c(C(=O)O)c1. The van der Waals surface area contributed by atoms with Crippen molar-refractivity contribution in [3.05, 3.63) is 94.3 Å². The van der Waals surface area contributed by atoms with Crippen LogP contribution in [0.2, 0.25) is 5.02 Å². The van der Waals surface area contributed by atoms with E-state index in [4.69, 9.17) is 16.3 Å². The summed E-state index contributed by atoms with van der Waals surface area (Å²) in [5, 5.41) is 9.31. The van der Waals surface area contributed by atoms with Crippen molar-refractivity contribution in [2.45, 2.75) is 38.5 Å². The van der Waals surface area contributed by atoms with Crippen LogP contribution in [-0.2, 0) is 17.6 Å². The standard InChI is InChI=1S/C28H29ClFNO4/c1-31(22-13-15-25(29)24(18-22)28(33)34)27(32)16-12-21-11-14-23(19-26(21)30)35-17-7-3-6-10-20-8-4-2-5-9-20/h2,4-5,8-9,11,13-15,18-19H,3,6-7,10,12,16-17H2,1H3,(H,33,34). The van der Waals surface area contributed by atoms with Crippen LogP contribution in [0.3, 0.4) is 0 Å². The van der Waals surface area contributed by atoms with Crippen LogP contribution in [0.25, 0.3) is 0 Å². The zero-order valence-corrected chi connectivity index (χ0v) is 20.4. The van der Waals surface area contributed by atoms with Gasteiger partial charge in [-0.25, -0.2) is 9.18 Å². The fraction of sp³-hybridized carbons (Fsp3) is 0.286. The summed E-state index contributed by atoms with van der Waals surface area (Å²) in [6, 6.07) is 19.4. The summed E-state index contributed by atoms with van der Waals surface area (Å²) in [5.74, 6) is -1.38. The third-order valence-corrected chi connectivity index (χ3v) is 6.13. The van der Waals surface area contributed by atoms with Crippen LogP contribution < -0.4 is 9.64 Å². The van der Waals surface area contributed by atoms with Gasteiger partial charge in [-0.15, -0.1) is 0 Å². The molecule has 7 heteroatoms. The van der Waals surface area contributed by atoms with Crippen molar-refractivity contribution in [3.8, 4) is 5.75 Å². The Hall–Kier alpha value is -3.38. The number of hydrogen-bond donors (Lipinski definition) is 1. The zero-order valence-electron chi connectivity index (χ0n) is 19.7. The first-order valence-corrected chi connectivity index (χ1v) is 12.0. The first-order chi connectivity index (χ1) is 16.8. The van der Waals surface area contributed by atoms with Gasteiger partial charge in [-0.2, -0.15) is 0 Å². The molecule has 35 heavy (non-hydrogen) atoms. The minimum Gasteiger partial charge on any atom is -0.493 e. The van der Waals surface area contributed by atoms with Crippen LogP contribution in [0, 0.1) is 5.82 Å². The van der Waals surface area contributed by atoms with Gasteiger partial charge in [-0.1, -0.05) is 48.0 Å². The molecule has 3 aromatic rings. The van der Waals surface area contributed by atoms with Crippen molar-refractivity contribution < 1.29 is 23.8 Å². The molecular weight excluding hydrogens is 469 g/mol. The molecule has 0 aliphatic heterocycles. The Morgan fingerprint density at radius 1 is 0.971 bits per heavy atom. The highest BCUT2D eigenvalue weighted by Crippen LogP contribution is 2.24. The Morgan fingerprint density at radius 3 is 2.46 bits per heavy atom. The molecule has 0 saturated heterocycles. The van der Waals surface area contributed by atoms with Gasteiger partial charge in [0.15, 0.2) is 0 Å². The fourth-order valence-electron chi connectivity index (χ4n) is 3.70. The first kappa shape index (κ1) is 26.2. The smallest absolute Gasteiger partial charge is 0.337 e. The van der Waals surface area contributed by atoms with Crippen LogP contribution in [-0.4, -0.2) is 30.6 Å². The number of unbranched alkanes of at least 4 members (excludes halogenated alkanes) is 2. The number of rotatable bonds is 12. The Morgan fingerprint density at radius 2 is 1.74 bits per heavy atom. The quantitative estimate of drug-likeness (QED) is 0.287. The molecule has 1 amide bonds. The van der Waals surface area contributed by atoms with Gasteiger partial charge in [0.1, 0.15) is 11.6 Å². The van der Waals surface area contributed by atoms with Gasteiger partial charge in [0.2, 0.25) is 5.91 Å². The van der Waals surface area contributed by atoms with E-state index in [1.165, 1.54) is 28.7 Å². The monoisotopic (exact) mass is 497 g/mol. The van der Waals surface area contributed by atoms with Crippen molar-refractivity contribution in [2.75, 3.05) is 18.6 Å². The minimum absolute atomic E-state index is 0.0695. The molecule has 184 valence electrons. The number of nitrogens with zero attached hydrogens (tertiary/aromatic N) is 1. The number of carboxylic acid groups (broad SMARTS) is 1. The third kappa shape index (κ3) is 7.82. The minimum atomic E-state index is -1.17. The second kappa shape index (κ2) is 12.9.